The van der Waals surface area contributed by atoms with Gasteiger partial charge in [-0.2, -0.15) is 0 Å². The van der Waals surface area contributed by atoms with Gasteiger partial charge in [0.05, 0.1) is 12.2 Å². The zero-order chi connectivity index (χ0) is 14.5. The Balaban J connectivity index is 2.24. The third kappa shape index (κ3) is 3.15. The van der Waals surface area contributed by atoms with Gasteiger partial charge in [-0.25, -0.2) is 0 Å². The lowest BCUT2D eigenvalue weighted by molar-refractivity contribution is 0.101. The summed E-state index contributed by atoms with van der Waals surface area (Å²) in [5.41, 5.74) is 9.04. The highest BCUT2D eigenvalue weighted by atomic mass is 16.1. The Morgan fingerprint density at radius 1 is 1.30 bits per heavy atom. The van der Waals surface area contributed by atoms with E-state index in [9.17, 15) is 4.79 Å². The third-order valence-electron chi connectivity index (χ3n) is 3.24. The number of Topliss-reactive ketones (excluding diaryl/α,β-unsaturated/α-hetero) is 1. The van der Waals surface area contributed by atoms with Crippen LogP contribution in [-0.2, 0) is 6.54 Å². The van der Waals surface area contributed by atoms with Crippen LogP contribution in [0.5, 0.6) is 0 Å². The van der Waals surface area contributed by atoms with E-state index in [-0.39, 0.29) is 5.78 Å². The Labute approximate surface area is 119 Å². The average Bonchev–Trinajstić information content (AvgIpc) is 2.45. The Kier molecular flexibility index (Phi) is 4.35. The SMILES string of the molecule is CCN(Cc1ccccn1)c1ccc(C(C)=O)c(N)c1. The number of pyridine rings is 1. The van der Waals surface area contributed by atoms with Crippen molar-refractivity contribution in [1.82, 2.24) is 4.98 Å². The summed E-state index contributed by atoms with van der Waals surface area (Å²) in [7, 11) is 0. The fraction of sp³-hybridized carbons (Fsp3) is 0.250. The number of nitrogen functional groups attached to an aromatic ring is 1. The molecule has 2 aromatic rings. The van der Waals surface area contributed by atoms with Crippen molar-refractivity contribution in [1.29, 1.82) is 0 Å². The van der Waals surface area contributed by atoms with Gasteiger partial charge >= 0.3 is 0 Å². The number of carbonyl (C=O) groups excluding carboxylic acids is 1. The molecule has 2 N–H and O–H groups in total. The Hall–Kier alpha value is -2.36. The van der Waals surface area contributed by atoms with E-state index in [1.807, 2.05) is 30.3 Å². The fourth-order valence-corrected chi connectivity index (χ4v) is 2.14. The van der Waals surface area contributed by atoms with Crippen molar-refractivity contribution in [2.24, 2.45) is 0 Å². The monoisotopic (exact) mass is 269 g/mol. The number of aromatic nitrogens is 1. The van der Waals surface area contributed by atoms with E-state index in [1.165, 1.54) is 6.92 Å². The van der Waals surface area contributed by atoms with Gasteiger partial charge in [0.2, 0.25) is 0 Å². The summed E-state index contributed by atoms with van der Waals surface area (Å²) < 4.78 is 0. The van der Waals surface area contributed by atoms with Crippen LogP contribution < -0.4 is 10.6 Å². The molecule has 2 rings (SSSR count). The van der Waals surface area contributed by atoms with Crippen LogP contribution in [0.1, 0.15) is 29.9 Å². The summed E-state index contributed by atoms with van der Waals surface area (Å²) in [6.45, 7) is 5.17. The van der Waals surface area contributed by atoms with Crippen molar-refractivity contribution in [2.45, 2.75) is 20.4 Å². The average molecular weight is 269 g/mol. The van der Waals surface area contributed by atoms with Gasteiger partial charge in [0.15, 0.2) is 5.78 Å². The second kappa shape index (κ2) is 6.19. The van der Waals surface area contributed by atoms with E-state index in [1.54, 1.807) is 12.3 Å². The standard InChI is InChI=1S/C16H19N3O/c1-3-19(11-13-6-4-5-9-18-13)14-7-8-15(12(2)20)16(17)10-14/h4-10H,3,11,17H2,1-2H3. The molecule has 0 fully saturated rings. The first kappa shape index (κ1) is 14.1. The molecule has 104 valence electrons. The summed E-state index contributed by atoms with van der Waals surface area (Å²) in [6.07, 6.45) is 1.79. The number of ketones is 1. The molecule has 0 spiro atoms. The van der Waals surface area contributed by atoms with E-state index in [4.69, 9.17) is 5.73 Å². The smallest absolute Gasteiger partial charge is 0.161 e. The minimum absolute atomic E-state index is 0.0122. The zero-order valence-electron chi connectivity index (χ0n) is 11.8. The summed E-state index contributed by atoms with van der Waals surface area (Å²) in [5.74, 6) is -0.0122. The topological polar surface area (TPSA) is 59.2 Å². The van der Waals surface area contributed by atoms with E-state index < -0.39 is 0 Å². The largest absolute Gasteiger partial charge is 0.398 e. The maximum Gasteiger partial charge on any atom is 0.161 e. The van der Waals surface area contributed by atoms with Gasteiger partial charge in [-0.05, 0) is 44.2 Å². The number of hydrogen-bond donors (Lipinski definition) is 1. The van der Waals surface area contributed by atoms with Gasteiger partial charge in [0.1, 0.15) is 0 Å². The number of carbonyl (C=O) groups is 1. The van der Waals surface area contributed by atoms with Crippen molar-refractivity contribution in [3.8, 4) is 0 Å². The molecule has 0 bridgehead atoms. The third-order valence-corrected chi connectivity index (χ3v) is 3.24. The van der Waals surface area contributed by atoms with Gasteiger partial charge in [0, 0.05) is 29.7 Å². The summed E-state index contributed by atoms with van der Waals surface area (Å²) in [4.78, 5) is 17.9. The first-order chi connectivity index (χ1) is 9.61. The van der Waals surface area contributed by atoms with Gasteiger partial charge < -0.3 is 10.6 Å². The maximum absolute atomic E-state index is 11.4. The van der Waals surface area contributed by atoms with Gasteiger partial charge in [-0.15, -0.1) is 0 Å². The molecule has 0 unspecified atom stereocenters. The predicted octanol–water partition coefficient (Wildman–Crippen LogP) is 2.89. The first-order valence-corrected chi connectivity index (χ1v) is 6.67. The van der Waals surface area contributed by atoms with Crippen LogP contribution >= 0.6 is 0 Å². The van der Waals surface area contributed by atoms with Crippen LogP contribution in [0.4, 0.5) is 11.4 Å². The van der Waals surface area contributed by atoms with Gasteiger partial charge in [-0.3, -0.25) is 9.78 Å². The van der Waals surface area contributed by atoms with Crippen LogP contribution in [0.2, 0.25) is 0 Å². The van der Waals surface area contributed by atoms with E-state index in [0.29, 0.717) is 11.3 Å². The van der Waals surface area contributed by atoms with Crippen LogP contribution in [0.25, 0.3) is 0 Å². The minimum Gasteiger partial charge on any atom is -0.398 e. The van der Waals surface area contributed by atoms with Crippen LogP contribution in [0, 0.1) is 0 Å². The second-order valence-corrected chi connectivity index (χ2v) is 4.66. The number of nitrogens with two attached hydrogens (primary N) is 1. The Morgan fingerprint density at radius 3 is 2.65 bits per heavy atom. The highest BCUT2D eigenvalue weighted by Crippen LogP contribution is 2.23. The lowest BCUT2D eigenvalue weighted by atomic mass is 10.1. The first-order valence-electron chi connectivity index (χ1n) is 6.67. The quantitative estimate of drug-likeness (QED) is 0.669. The molecule has 0 saturated heterocycles. The summed E-state index contributed by atoms with van der Waals surface area (Å²) in [5, 5.41) is 0. The molecular weight excluding hydrogens is 250 g/mol. The fourth-order valence-electron chi connectivity index (χ4n) is 2.14. The zero-order valence-corrected chi connectivity index (χ0v) is 11.8. The van der Waals surface area contributed by atoms with E-state index in [0.717, 1.165) is 24.5 Å². The van der Waals surface area contributed by atoms with Gasteiger partial charge in [-0.1, -0.05) is 6.07 Å². The number of anilines is 2. The van der Waals surface area contributed by atoms with Crippen LogP contribution in [0.3, 0.4) is 0 Å². The molecular formula is C16H19N3O. The predicted molar refractivity (Wildman–Crippen MR) is 81.8 cm³/mol. The molecule has 0 aliphatic carbocycles. The van der Waals surface area contributed by atoms with E-state index in [2.05, 4.69) is 16.8 Å². The number of rotatable bonds is 5. The molecule has 0 saturated carbocycles. The minimum atomic E-state index is -0.0122. The number of hydrogen-bond acceptors (Lipinski definition) is 4. The Bertz CT molecular complexity index is 596. The molecule has 0 atom stereocenters. The molecule has 0 radical (unpaired) electrons. The summed E-state index contributed by atoms with van der Waals surface area (Å²) >= 11 is 0. The highest BCUT2D eigenvalue weighted by molar-refractivity contribution is 5.99. The second-order valence-electron chi connectivity index (χ2n) is 4.66. The molecule has 0 aliphatic rings. The summed E-state index contributed by atoms with van der Waals surface area (Å²) in [6, 6.07) is 11.4. The van der Waals surface area contributed by atoms with Gasteiger partial charge in [0.25, 0.3) is 0 Å². The maximum atomic E-state index is 11.4. The van der Waals surface area contributed by atoms with Crippen molar-refractivity contribution < 1.29 is 4.79 Å². The molecule has 1 aromatic carbocycles. The van der Waals surface area contributed by atoms with Crippen LogP contribution in [0.15, 0.2) is 42.6 Å². The van der Waals surface area contributed by atoms with Crippen LogP contribution in [-0.4, -0.2) is 17.3 Å². The Morgan fingerprint density at radius 2 is 2.10 bits per heavy atom. The molecule has 1 aromatic heterocycles. The molecule has 1 heterocycles. The van der Waals surface area contributed by atoms with Crippen molar-refractivity contribution in [3.05, 3.63) is 53.9 Å². The number of nitrogens with zero attached hydrogens (tertiary/aromatic N) is 2. The highest BCUT2D eigenvalue weighted by Gasteiger charge is 2.10. The molecule has 0 amide bonds. The van der Waals surface area contributed by atoms with Crippen molar-refractivity contribution in [2.75, 3.05) is 17.2 Å². The van der Waals surface area contributed by atoms with Crippen molar-refractivity contribution >= 4 is 17.2 Å². The molecule has 4 nitrogen and oxygen atoms in total. The van der Waals surface area contributed by atoms with Crippen molar-refractivity contribution in [3.63, 3.8) is 0 Å². The normalized spacial score (nSPS) is 10.3. The lowest BCUT2D eigenvalue weighted by Gasteiger charge is -2.23. The number of benzene rings is 1. The molecule has 4 heteroatoms. The van der Waals surface area contributed by atoms with E-state index >= 15 is 0 Å². The molecule has 20 heavy (non-hydrogen) atoms. The lowest BCUT2D eigenvalue weighted by Crippen LogP contribution is -2.22. The molecule has 0 aliphatic heterocycles.